The Morgan fingerprint density at radius 2 is 1.78 bits per heavy atom. The molecule has 4 rings (SSSR count). The number of piperidine rings is 1. The molecule has 0 aromatic carbocycles. The van der Waals surface area contributed by atoms with E-state index in [1.54, 1.807) is 11.3 Å². The molecule has 1 aromatic heterocycles. The Hall–Kier alpha value is -2.27. The summed E-state index contributed by atoms with van der Waals surface area (Å²) in [4.78, 5) is 12.0. The molecule has 174 valence electrons. The predicted octanol–water partition coefficient (Wildman–Crippen LogP) is 4.46. The molecule has 2 aliphatic heterocycles. The van der Waals surface area contributed by atoms with Crippen molar-refractivity contribution in [2.45, 2.75) is 40.0 Å². The highest BCUT2D eigenvalue weighted by Gasteiger charge is 2.31. The largest absolute Gasteiger partial charge is 0.372 e. The summed E-state index contributed by atoms with van der Waals surface area (Å²) >= 11 is 0. The average molecular weight is 436 g/mol. The van der Waals surface area contributed by atoms with E-state index in [0.29, 0.717) is 11.8 Å². The Labute approximate surface area is 194 Å². The number of nitrogens with one attached hydrogen (secondary N) is 1. The van der Waals surface area contributed by atoms with Crippen LogP contribution in [0.2, 0.25) is 0 Å². The second kappa shape index (κ2) is 9.70. The first-order valence-electron chi connectivity index (χ1n) is 12.3. The lowest BCUT2D eigenvalue weighted by Gasteiger charge is -2.41. The van der Waals surface area contributed by atoms with Gasteiger partial charge in [-0.1, -0.05) is 25.2 Å². The van der Waals surface area contributed by atoms with Crippen molar-refractivity contribution in [3.63, 3.8) is 0 Å². The van der Waals surface area contributed by atoms with E-state index in [1.165, 1.54) is 30.5 Å². The van der Waals surface area contributed by atoms with Crippen LogP contribution in [0, 0.1) is 18.8 Å². The van der Waals surface area contributed by atoms with Gasteiger partial charge in [0.05, 0.1) is 0 Å². The quantitative estimate of drug-likeness (QED) is 0.739. The SMILES string of the molecule is C=Cc1c(N2CCC(C3=C(C)C=C(N4CCNCC4)CC3C)CC2)cc(C)nc1N(C)C. The van der Waals surface area contributed by atoms with Crippen molar-refractivity contribution in [2.24, 2.45) is 11.8 Å². The number of rotatable bonds is 5. The van der Waals surface area contributed by atoms with Crippen LogP contribution in [0.5, 0.6) is 0 Å². The highest BCUT2D eigenvalue weighted by molar-refractivity contribution is 5.76. The minimum atomic E-state index is 0.647. The third-order valence-electron chi connectivity index (χ3n) is 7.46. The Kier molecular flexibility index (Phi) is 6.94. The van der Waals surface area contributed by atoms with Crippen LogP contribution in [0.4, 0.5) is 11.5 Å². The molecule has 0 amide bonds. The number of aromatic nitrogens is 1. The normalized spacial score (nSPS) is 22.8. The molecule has 0 saturated carbocycles. The van der Waals surface area contributed by atoms with Crippen molar-refractivity contribution in [1.29, 1.82) is 0 Å². The first-order valence-corrected chi connectivity index (χ1v) is 12.3. The van der Waals surface area contributed by atoms with Crippen molar-refractivity contribution in [2.75, 3.05) is 63.2 Å². The van der Waals surface area contributed by atoms with Gasteiger partial charge in [-0.25, -0.2) is 4.98 Å². The van der Waals surface area contributed by atoms with Crippen molar-refractivity contribution in [1.82, 2.24) is 15.2 Å². The van der Waals surface area contributed by atoms with Crippen molar-refractivity contribution < 1.29 is 0 Å². The van der Waals surface area contributed by atoms with Crippen LogP contribution in [0.3, 0.4) is 0 Å². The Bertz CT molecular complexity index is 899. The lowest BCUT2D eigenvalue weighted by Crippen LogP contribution is -2.43. The average Bonchev–Trinajstić information content (AvgIpc) is 2.79. The molecule has 1 atom stereocenters. The fraction of sp³-hybridized carbons (Fsp3) is 0.593. The second-order valence-corrected chi connectivity index (χ2v) is 10.00. The molecular formula is C27H41N5. The number of piperazine rings is 1. The van der Waals surface area contributed by atoms with Gasteiger partial charge in [0.25, 0.3) is 0 Å². The van der Waals surface area contributed by atoms with Crippen LogP contribution in [-0.4, -0.2) is 63.2 Å². The predicted molar refractivity (Wildman–Crippen MR) is 137 cm³/mol. The van der Waals surface area contributed by atoms with Crippen LogP contribution in [-0.2, 0) is 0 Å². The molecule has 32 heavy (non-hydrogen) atoms. The number of anilines is 2. The third kappa shape index (κ3) is 4.59. The van der Waals surface area contributed by atoms with Gasteiger partial charge in [-0.15, -0.1) is 0 Å². The van der Waals surface area contributed by atoms with Gasteiger partial charge in [0.1, 0.15) is 5.82 Å². The van der Waals surface area contributed by atoms with Gasteiger partial charge in [0.2, 0.25) is 0 Å². The van der Waals surface area contributed by atoms with Crippen molar-refractivity contribution >= 4 is 17.6 Å². The van der Waals surface area contributed by atoms with E-state index in [-0.39, 0.29) is 0 Å². The summed E-state index contributed by atoms with van der Waals surface area (Å²) < 4.78 is 0. The van der Waals surface area contributed by atoms with E-state index in [4.69, 9.17) is 4.98 Å². The van der Waals surface area contributed by atoms with Gasteiger partial charge in [0, 0.05) is 76.0 Å². The topological polar surface area (TPSA) is 34.6 Å². The molecule has 1 unspecified atom stereocenters. The maximum absolute atomic E-state index is 4.76. The Morgan fingerprint density at radius 1 is 1.09 bits per heavy atom. The molecule has 3 heterocycles. The summed E-state index contributed by atoms with van der Waals surface area (Å²) in [6.07, 6.45) is 8.12. The van der Waals surface area contributed by atoms with E-state index in [9.17, 15) is 0 Å². The molecule has 1 aliphatic carbocycles. The van der Waals surface area contributed by atoms with Crippen LogP contribution in [0.15, 0.2) is 35.6 Å². The molecule has 2 saturated heterocycles. The smallest absolute Gasteiger partial charge is 0.137 e. The van der Waals surface area contributed by atoms with Gasteiger partial charge >= 0.3 is 0 Å². The summed E-state index contributed by atoms with van der Waals surface area (Å²) in [5, 5.41) is 3.48. The number of hydrogen-bond acceptors (Lipinski definition) is 5. The lowest BCUT2D eigenvalue weighted by molar-refractivity contribution is 0.277. The highest BCUT2D eigenvalue weighted by Crippen LogP contribution is 2.41. The molecule has 0 bridgehead atoms. The number of aryl methyl sites for hydroxylation is 1. The number of pyridine rings is 1. The molecule has 5 heteroatoms. The molecule has 2 fully saturated rings. The fourth-order valence-corrected chi connectivity index (χ4v) is 5.98. The van der Waals surface area contributed by atoms with Crippen LogP contribution in [0.1, 0.15) is 44.4 Å². The molecular weight excluding hydrogens is 394 g/mol. The number of nitrogens with zero attached hydrogens (tertiary/aromatic N) is 4. The molecule has 5 nitrogen and oxygen atoms in total. The molecule has 0 spiro atoms. The summed E-state index contributed by atoms with van der Waals surface area (Å²) in [6.45, 7) is 17.7. The Morgan fingerprint density at radius 3 is 2.38 bits per heavy atom. The monoisotopic (exact) mass is 435 g/mol. The molecule has 3 aliphatic rings. The van der Waals surface area contributed by atoms with Gasteiger partial charge in [-0.05, 0) is 62.7 Å². The zero-order valence-electron chi connectivity index (χ0n) is 20.7. The first-order chi connectivity index (χ1) is 15.4. The van der Waals surface area contributed by atoms with E-state index in [2.05, 4.69) is 73.6 Å². The summed E-state index contributed by atoms with van der Waals surface area (Å²) in [5.74, 6) is 2.36. The summed E-state index contributed by atoms with van der Waals surface area (Å²) in [5.41, 5.74) is 8.31. The summed E-state index contributed by atoms with van der Waals surface area (Å²) in [7, 11) is 4.12. The van der Waals surface area contributed by atoms with Crippen molar-refractivity contribution in [3.8, 4) is 0 Å². The van der Waals surface area contributed by atoms with Gasteiger partial charge < -0.3 is 20.0 Å². The number of allylic oxidation sites excluding steroid dienone is 4. The van der Waals surface area contributed by atoms with Crippen LogP contribution >= 0.6 is 0 Å². The van der Waals surface area contributed by atoms with E-state index >= 15 is 0 Å². The van der Waals surface area contributed by atoms with Gasteiger partial charge in [0.15, 0.2) is 0 Å². The standard InChI is InChI=1S/C27H41N5/c1-7-24-25(18-21(4)29-27(24)30(5)6)32-12-8-22(9-13-32)26-19(2)16-23(17-20(26)3)31-14-10-28-11-15-31/h7,16,18,20,22,28H,1,8-15,17H2,2-6H3. The number of hydrogen-bond donors (Lipinski definition) is 1. The van der Waals surface area contributed by atoms with Crippen molar-refractivity contribution in [3.05, 3.63) is 46.8 Å². The summed E-state index contributed by atoms with van der Waals surface area (Å²) in [6, 6.07) is 2.24. The Balaban J connectivity index is 1.50. The zero-order chi connectivity index (χ0) is 22.8. The maximum Gasteiger partial charge on any atom is 0.137 e. The van der Waals surface area contributed by atoms with E-state index in [0.717, 1.165) is 56.3 Å². The lowest BCUT2D eigenvalue weighted by atomic mass is 9.75. The minimum absolute atomic E-state index is 0.647. The minimum Gasteiger partial charge on any atom is -0.372 e. The highest BCUT2D eigenvalue weighted by atomic mass is 15.2. The maximum atomic E-state index is 4.76. The molecule has 0 radical (unpaired) electrons. The third-order valence-corrected chi connectivity index (χ3v) is 7.46. The van der Waals surface area contributed by atoms with E-state index < -0.39 is 0 Å². The zero-order valence-corrected chi connectivity index (χ0v) is 20.7. The first kappa shape index (κ1) is 22.9. The van der Waals surface area contributed by atoms with Gasteiger partial charge in [-0.3, -0.25) is 0 Å². The van der Waals surface area contributed by atoms with Gasteiger partial charge in [-0.2, -0.15) is 0 Å². The van der Waals surface area contributed by atoms with E-state index in [1.807, 2.05) is 6.08 Å². The molecule has 1 N–H and O–H groups in total. The second-order valence-electron chi connectivity index (χ2n) is 10.00. The van der Waals surface area contributed by atoms with Crippen LogP contribution in [0.25, 0.3) is 6.08 Å². The van der Waals surface area contributed by atoms with Crippen LogP contribution < -0.4 is 15.1 Å². The fourth-order valence-electron chi connectivity index (χ4n) is 5.98. The molecule has 1 aromatic rings.